The van der Waals surface area contributed by atoms with Gasteiger partial charge in [0, 0.05) is 19.6 Å². The maximum absolute atomic E-state index is 12.8. The molecule has 0 aromatic heterocycles. The predicted molar refractivity (Wildman–Crippen MR) is 63.9 cm³/mol. The van der Waals surface area contributed by atoms with Crippen molar-refractivity contribution in [2.45, 2.75) is 12.7 Å². The normalized spacial score (nSPS) is 24.6. The van der Waals surface area contributed by atoms with Gasteiger partial charge < -0.3 is 5.73 Å². The average molecular weight is 272 g/mol. The molecule has 0 unspecified atom stereocenters. The Labute approximate surface area is 109 Å². The van der Waals surface area contributed by atoms with E-state index in [2.05, 4.69) is 0 Å². The zero-order chi connectivity index (χ0) is 14.0. The van der Waals surface area contributed by atoms with Crippen molar-refractivity contribution in [1.82, 2.24) is 4.90 Å². The summed E-state index contributed by atoms with van der Waals surface area (Å²) in [4.78, 5) is 12.8. The molecule has 1 saturated heterocycles. The second-order valence-corrected chi connectivity index (χ2v) is 4.84. The molecule has 3 nitrogen and oxygen atoms in total. The monoisotopic (exact) mass is 272 g/mol. The van der Waals surface area contributed by atoms with Crippen LogP contribution in [0, 0.1) is 11.8 Å². The fourth-order valence-electron chi connectivity index (χ4n) is 2.48. The first kappa shape index (κ1) is 13.9. The molecule has 2 rings (SSSR count). The molecule has 6 heteroatoms. The van der Waals surface area contributed by atoms with Crippen molar-refractivity contribution in [3.8, 4) is 0 Å². The molecule has 0 aliphatic carbocycles. The fourth-order valence-corrected chi connectivity index (χ4v) is 2.48. The third-order valence-corrected chi connectivity index (χ3v) is 3.43. The third kappa shape index (κ3) is 3.26. The summed E-state index contributed by atoms with van der Waals surface area (Å²) in [5.41, 5.74) is 6.00. The number of hydrogen-bond acceptors (Lipinski definition) is 2. The minimum atomic E-state index is -4.38. The maximum Gasteiger partial charge on any atom is 0.393 e. The van der Waals surface area contributed by atoms with Crippen molar-refractivity contribution < 1.29 is 18.0 Å². The second kappa shape index (κ2) is 5.21. The molecular formula is C13H15F3N2O. The highest BCUT2D eigenvalue weighted by Gasteiger charge is 2.51. The van der Waals surface area contributed by atoms with E-state index in [9.17, 15) is 18.0 Å². The summed E-state index contributed by atoms with van der Waals surface area (Å²) in [5.74, 6) is -3.68. The molecule has 1 aliphatic heterocycles. The Morgan fingerprint density at radius 1 is 1.26 bits per heavy atom. The van der Waals surface area contributed by atoms with Gasteiger partial charge in [-0.3, -0.25) is 9.69 Å². The zero-order valence-electron chi connectivity index (χ0n) is 10.2. The van der Waals surface area contributed by atoms with Crippen LogP contribution in [-0.4, -0.2) is 30.1 Å². The summed E-state index contributed by atoms with van der Waals surface area (Å²) >= 11 is 0. The Kier molecular flexibility index (Phi) is 3.80. The first-order valence-corrected chi connectivity index (χ1v) is 6.00. The van der Waals surface area contributed by atoms with E-state index in [1.54, 1.807) is 4.90 Å². The largest absolute Gasteiger partial charge is 0.393 e. The highest BCUT2D eigenvalue weighted by atomic mass is 19.4. The van der Waals surface area contributed by atoms with Gasteiger partial charge in [-0.2, -0.15) is 13.2 Å². The summed E-state index contributed by atoms with van der Waals surface area (Å²) in [5, 5.41) is 0. The molecule has 0 radical (unpaired) electrons. The highest BCUT2D eigenvalue weighted by molar-refractivity contribution is 5.77. The van der Waals surface area contributed by atoms with E-state index >= 15 is 0 Å². The molecule has 2 atom stereocenters. The van der Waals surface area contributed by atoms with Crippen LogP contribution in [0.4, 0.5) is 13.2 Å². The molecule has 0 bridgehead atoms. The van der Waals surface area contributed by atoms with Gasteiger partial charge in [-0.05, 0) is 5.56 Å². The first-order valence-electron chi connectivity index (χ1n) is 6.00. The highest BCUT2D eigenvalue weighted by Crippen LogP contribution is 2.37. The van der Waals surface area contributed by atoms with Gasteiger partial charge in [0.25, 0.3) is 0 Å². The molecule has 104 valence electrons. The number of halogens is 3. The third-order valence-electron chi connectivity index (χ3n) is 3.43. The number of rotatable bonds is 3. The number of nitrogens with zero attached hydrogens (tertiary/aromatic N) is 1. The Balaban J connectivity index is 2.08. The van der Waals surface area contributed by atoms with Crippen LogP contribution in [0.15, 0.2) is 30.3 Å². The quantitative estimate of drug-likeness (QED) is 0.911. The number of carbonyl (C=O) groups is 1. The van der Waals surface area contributed by atoms with Crippen LogP contribution < -0.4 is 5.73 Å². The number of primary amides is 1. The smallest absolute Gasteiger partial charge is 0.369 e. The van der Waals surface area contributed by atoms with Gasteiger partial charge in [0.1, 0.15) is 0 Å². The number of benzene rings is 1. The Bertz CT molecular complexity index is 447. The van der Waals surface area contributed by atoms with Crippen LogP contribution in [-0.2, 0) is 11.3 Å². The average Bonchev–Trinajstić information content (AvgIpc) is 2.74. The minimum Gasteiger partial charge on any atom is -0.369 e. The molecule has 1 fully saturated rings. The lowest BCUT2D eigenvalue weighted by atomic mass is 9.95. The van der Waals surface area contributed by atoms with Crippen molar-refractivity contribution in [1.29, 1.82) is 0 Å². The van der Waals surface area contributed by atoms with Crippen LogP contribution in [0.1, 0.15) is 5.56 Å². The standard InChI is InChI=1S/C13H15F3N2O/c14-13(15,16)11-8-18(7-10(11)12(17)19)6-9-4-2-1-3-5-9/h1-5,10-11H,6-8H2,(H2,17,19)/t10-,11-/m1/s1. The summed E-state index contributed by atoms with van der Waals surface area (Å²) in [6.07, 6.45) is -4.38. The molecule has 1 aromatic carbocycles. The van der Waals surface area contributed by atoms with Crippen molar-refractivity contribution >= 4 is 5.91 Å². The molecule has 19 heavy (non-hydrogen) atoms. The maximum atomic E-state index is 12.8. The fraction of sp³-hybridized carbons (Fsp3) is 0.462. The molecular weight excluding hydrogens is 257 g/mol. The summed E-state index contributed by atoms with van der Waals surface area (Å²) < 4.78 is 38.5. The number of amides is 1. The molecule has 1 heterocycles. The predicted octanol–water partition coefficient (Wildman–Crippen LogP) is 1.78. The minimum absolute atomic E-state index is 0.0639. The van der Waals surface area contributed by atoms with Crippen molar-refractivity contribution in [3.05, 3.63) is 35.9 Å². The number of nitrogens with two attached hydrogens (primary N) is 1. The lowest BCUT2D eigenvalue weighted by molar-refractivity contribution is -0.182. The van der Waals surface area contributed by atoms with Crippen LogP contribution in [0.5, 0.6) is 0 Å². The molecule has 1 aromatic rings. The molecule has 0 saturated carbocycles. The molecule has 1 amide bonds. The number of alkyl halides is 3. The summed E-state index contributed by atoms with van der Waals surface area (Å²) in [7, 11) is 0. The van der Waals surface area contributed by atoms with Crippen LogP contribution in [0.2, 0.25) is 0 Å². The van der Waals surface area contributed by atoms with Gasteiger partial charge >= 0.3 is 6.18 Å². The zero-order valence-corrected chi connectivity index (χ0v) is 10.2. The molecule has 0 spiro atoms. The van der Waals surface area contributed by atoms with Crippen molar-refractivity contribution in [2.75, 3.05) is 13.1 Å². The molecule has 2 N–H and O–H groups in total. The Morgan fingerprint density at radius 3 is 2.37 bits per heavy atom. The van der Waals surface area contributed by atoms with Gasteiger partial charge in [0.15, 0.2) is 0 Å². The Morgan fingerprint density at radius 2 is 1.89 bits per heavy atom. The topological polar surface area (TPSA) is 46.3 Å². The Hall–Kier alpha value is -1.56. The molecule has 1 aliphatic rings. The van der Waals surface area contributed by atoms with Crippen LogP contribution in [0.25, 0.3) is 0 Å². The van der Waals surface area contributed by atoms with Gasteiger partial charge in [0.2, 0.25) is 5.91 Å². The van der Waals surface area contributed by atoms with Crippen molar-refractivity contribution in [2.24, 2.45) is 17.6 Å². The summed E-state index contributed by atoms with van der Waals surface area (Å²) in [6, 6.07) is 9.20. The van der Waals surface area contributed by atoms with Crippen LogP contribution >= 0.6 is 0 Å². The lowest BCUT2D eigenvalue weighted by Gasteiger charge is -2.18. The lowest BCUT2D eigenvalue weighted by Crippen LogP contribution is -2.37. The van der Waals surface area contributed by atoms with Gasteiger partial charge in [-0.15, -0.1) is 0 Å². The van der Waals surface area contributed by atoms with Crippen molar-refractivity contribution in [3.63, 3.8) is 0 Å². The van der Waals surface area contributed by atoms with E-state index in [0.717, 1.165) is 5.56 Å². The van der Waals surface area contributed by atoms with Gasteiger partial charge in [-0.1, -0.05) is 30.3 Å². The first-order chi connectivity index (χ1) is 8.88. The number of carbonyl (C=O) groups excluding carboxylic acids is 1. The van der Waals surface area contributed by atoms with E-state index in [4.69, 9.17) is 5.73 Å². The van der Waals surface area contributed by atoms with Gasteiger partial charge in [0.05, 0.1) is 11.8 Å². The number of likely N-dealkylation sites (tertiary alicyclic amines) is 1. The van der Waals surface area contributed by atoms with Crippen LogP contribution in [0.3, 0.4) is 0 Å². The number of hydrogen-bond donors (Lipinski definition) is 1. The van der Waals surface area contributed by atoms with E-state index in [0.29, 0.717) is 6.54 Å². The van der Waals surface area contributed by atoms with E-state index in [-0.39, 0.29) is 13.1 Å². The van der Waals surface area contributed by atoms with E-state index in [1.165, 1.54) is 0 Å². The summed E-state index contributed by atoms with van der Waals surface area (Å²) in [6.45, 7) is 0.289. The van der Waals surface area contributed by atoms with E-state index in [1.807, 2.05) is 30.3 Å². The second-order valence-electron chi connectivity index (χ2n) is 4.84. The van der Waals surface area contributed by atoms with E-state index < -0.39 is 23.9 Å². The SMILES string of the molecule is NC(=O)[C@@H]1CN(Cc2ccccc2)C[C@H]1C(F)(F)F. The van der Waals surface area contributed by atoms with Gasteiger partial charge in [-0.25, -0.2) is 0 Å².